The summed E-state index contributed by atoms with van der Waals surface area (Å²) in [4.78, 5) is 18.6. The normalized spacial score (nSPS) is 21.9. The maximum atomic E-state index is 11.8. The Morgan fingerprint density at radius 1 is 1.43 bits per heavy atom. The number of anilines is 1. The fourth-order valence-electron chi connectivity index (χ4n) is 3.41. The maximum absolute atomic E-state index is 11.8. The van der Waals surface area contributed by atoms with E-state index in [4.69, 9.17) is 4.98 Å². The van der Waals surface area contributed by atoms with Crippen LogP contribution < -0.4 is 4.90 Å². The summed E-state index contributed by atoms with van der Waals surface area (Å²) >= 11 is 0. The molecule has 4 nitrogen and oxygen atoms in total. The molecule has 1 atom stereocenters. The zero-order valence-corrected chi connectivity index (χ0v) is 12.5. The van der Waals surface area contributed by atoms with Gasteiger partial charge in [0.15, 0.2) is 0 Å². The number of rotatable bonds is 3. The summed E-state index contributed by atoms with van der Waals surface area (Å²) in [7, 11) is 0. The SMILES string of the molecule is CCC1(C(=O)O)CCCN1c1nc2ccccc2cc1C. The molecule has 0 saturated carbocycles. The summed E-state index contributed by atoms with van der Waals surface area (Å²) in [6, 6.07) is 10.1. The fourth-order valence-corrected chi connectivity index (χ4v) is 3.41. The third-order valence-corrected chi connectivity index (χ3v) is 4.62. The van der Waals surface area contributed by atoms with E-state index in [1.54, 1.807) is 0 Å². The molecule has 1 aromatic heterocycles. The number of pyridine rings is 1. The number of para-hydroxylation sites is 1. The molecule has 110 valence electrons. The molecule has 1 fully saturated rings. The van der Waals surface area contributed by atoms with Crippen LogP contribution in [0.5, 0.6) is 0 Å². The quantitative estimate of drug-likeness (QED) is 0.938. The number of fused-ring (bicyclic) bond motifs is 1. The molecule has 2 heterocycles. The van der Waals surface area contributed by atoms with Crippen LogP contribution >= 0.6 is 0 Å². The number of nitrogens with zero attached hydrogens (tertiary/aromatic N) is 2. The summed E-state index contributed by atoms with van der Waals surface area (Å²) in [5.41, 5.74) is 1.15. The van der Waals surface area contributed by atoms with E-state index in [0.29, 0.717) is 12.8 Å². The minimum absolute atomic E-state index is 0.594. The van der Waals surface area contributed by atoms with Crippen molar-refractivity contribution in [3.05, 3.63) is 35.9 Å². The molecule has 2 aromatic rings. The largest absolute Gasteiger partial charge is 0.479 e. The van der Waals surface area contributed by atoms with E-state index in [9.17, 15) is 9.90 Å². The number of aromatic nitrogens is 1. The van der Waals surface area contributed by atoms with Gasteiger partial charge < -0.3 is 10.0 Å². The number of carbonyl (C=O) groups is 1. The molecule has 1 aromatic carbocycles. The van der Waals surface area contributed by atoms with E-state index in [1.807, 2.05) is 43.0 Å². The van der Waals surface area contributed by atoms with E-state index in [2.05, 4.69) is 6.07 Å². The van der Waals surface area contributed by atoms with Crippen molar-refractivity contribution in [2.45, 2.75) is 38.6 Å². The number of benzene rings is 1. The predicted molar refractivity (Wildman–Crippen MR) is 83.7 cm³/mol. The molecule has 0 bridgehead atoms. The molecule has 0 spiro atoms. The van der Waals surface area contributed by atoms with Gasteiger partial charge in [0.25, 0.3) is 0 Å². The number of aryl methyl sites for hydroxylation is 1. The molecule has 0 amide bonds. The monoisotopic (exact) mass is 284 g/mol. The fraction of sp³-hybridized carbons (Fsp3) is 0.412. The van der Waals surface area contributed by atoms with Crippen LogP contribution in [0.1, 0.15) is 31.7 Å². The average Bonchev–Trinajstić information content (AvgIpc) is 2.91. The van der Waals surface area contributed by atoms with E-state index >= 15 is 0 Å². The Hall–Kier alpha value is -2.10. The molecular weight excluding hydrogens is 264 g/mol. The zero-order valence-electron chi connectivity index (χ0n) is 12.5. The van der Waals surface area contributed by atoms with Crippen molar-refractivity contribution in [3.8, 4) is 0 Å². The molecular formula is C17H20N2O2. The molecule has 1 saturated heterocycles. The van der Waals surface area contributed by atoms with Crippen LogP contribution in [-0.4, -0.2) is 28.1 Å². The van der Waals surface area contributed by atoms with Gasteiger partial charge in [-0.25, -0.2) is 9.78 Å². The highest BCUT2D eigenvalue weighted by atomic mass is 16.4. The lowest BCUT2D eigenvalue weighted by Crippen LogP contribution is -2.50. The van der Waals surface area contributed by atoms with Crippen molar-refractivity contribution < 1.29 is 9.90 Å². The van der Waals surface area contributed by atoms with Gasteiger partial charge >= 0.3 is 5.97 Å². The Morgan fingerprint density at radius 2 is 2.19 bits per heavy atom. The van der Waals surface area contributed by atoms with Crippen LogP contribution in [0.3, 0.4) is 0 Å². The Kier molecular flexibility index (Phi) is 3.32. The van der Waals surface area contributed by atoms with Gasteiger partial charge in [-0.05, 0) is 43.9 Å². The second-order valence-electron chi connectivity index (χ2n) is 5.77. The van der Waals surface area contributed by atoms with E-state index in [1.165, 1.54) is 0 Å². The number of hydrogen-bond donors (Lipinski definition) is 1. The van der Waals surface area contributed by atoms with Crippen LogP contribution in [0.2, 0.25) is 0 Å². The molecule has 1 N–H and O–H groups in total. The van der Waals surface area contributed by atoms with Crippen molar-refractivity contribution in [3.63, 3.8) is 0 Å². The van der Waals surface area contributed by atoms with Gasteiger partial charge in [-0.3, -0.25) is 0 Å². The minimum Gasteiger partial charge on any atom is -0.479 e. The first kappa shape index (κ1) is 13.9. The molecule has 4 heteroatoms. The highest BCUT2D eigenvalue weighted by molar-refractivity contribution is 5.87. The number of aliphatic carboxylic acids is 1. The lowest BCUT2D eigenvalue weighted by molar-refractivity contribution is -0.143. The third-order valence-electron chi connectivity index (χ3n) is 4.62. The second-order valence-corrected chi connectivity index (χ2v) is 5.77. The molecule has 21 heavy (non-hydrogen) atoms. The highest BCUT2D eigenvalue weighted by Crippen LogP contribution is 2.38. The van der Waals surface area contributed by atoms with Gasteiger partial charge in [-0.2, -0.15) is 0 Å². The van der Waals surface area contributed by atoms with E-state index in [0.717, 1.165) is 35.2 Å². The van der Waals surface area contributed by atoms with Crippen molar-refractivity contribution in [1.82, 2.24) is 4.98 Å². The lowest BCUT2D eigenvalue weighted by atomic mass is 9.92. The van der Waals surface area contributed by atoms with Crippen LogP contribution in [-0.2, 0) is 4.79 Å². The van der Waals surface area contributed by atoms with Gasteiger partial charge in [-0.1, -0.05) is 25.1 Å². The first-order valence-electron chi connectivity index (χ1n) is 7.46. The van der Waals surface area contributed by atoms with Crippen LogP contribution in [0.15, 0.2) is 30.3 Å². The van der Waals surface area contributed by atoms with Gasteiger partial charge in [0.2, 0.25) is 0 Å². The van der Waals surface area contributed by atoms with Gasteiger partial charge in [0, 0.05) is 11.9 Å². The molecule has 1 aliphatic rings. The topological polar surface area (TPSA) is 53.4 Å². The summed E-state index contributed by atoms with van der Waals surface area (Å²) in [5.74, 6) is 0.0762. The van der Waals surface area contributed by atoms with E-state index in [-0.39, 0.29) is 0 Å². The number of hydrogen-bond acceptors (Lipinski definition) is 3. The first-order chi connectivity index (χ1) is 10.1. The molecule has 3 rings (SSSR count). The molecule has 0 aliphatic carbocycles. The first-order valence-corrected chi connectivity index (χ1v) is 7.46. The summed E-state index contributed by atoms with van der Waals surface area (Å²) < 4.78 is 0. The van der Waals surface area contributed by atoms with Crippen molar-refractivity contribution in [2.24, 2.45) is 0 Å². The van der Waals surface area contributed by atoms with Gasteiger partial charge in [-0.15, -0.1) is 0 Å². The Morgan fingerprint density at radius 3 is 2.90 bits per heavy atom. The summed E-state index contributed by atoms with van der Waals surface area (Å²) in [5, 5.41) is 10.8. The Labute approximate surface area is 124 Å². The van der Waals surface area contributed by atoms with Crippen molar-refractivity contribution >= 4 is 22.7 Å². The predicted octanol–water partition coefficient (Wildman–Crippen LogP) is 3.38. The lowest BCUT2D eigenvalue weighted by Gasteiger charge is -2.35. The zero-order chi connectivity index (χ0) is 15.0. The van der Waals surface area contributed by atoms with Crippen molar-refractivity contribution in [2.75, 3.05) is 11.4 Å². The summed E-state index contributed by atoms with van der Waals surface area (Å²) in [6.45, 7) is 4.71. The number of carboxylic acid groups (broad SMARTS) is 1. The average molecular weight is 284 g/mol. The molecule has 0 radical (unpaired) electrons. The highest BCUT2D eigenvalue weighted by Gasteiger charge is 2.47. The smallest absolute Gasteiger partial charge is 0.329 e. The van der Waals surface area contributed by atoms with Gasteiger partial charge in [0.1, 0.15) is 11.4 Å². The summed E-state index contributed by atoms with van der Waals surface area (Å²) in [6.07, 6.45) is 2.18. The second kappa shape index (κ2) is 5.02. The molecule has 1 unspecified atom stereocenters. The van der Waals surface area contributed by atoms with E-state index < -0.39 is 11.5 Å². The maximum Gasteiger partial charge on any atom is 0.329 e. The van der Waals surface area contributed by atoms with Crippen LogP contribution in [0, 0.1) is 6.92 Å². The number of carboxylic acids is 1. The third kappa shape index (κ3) is 2.06. The molecule has 1 aliphatic heterocycles. The minimum atomic E-state index is -0.805. The standard InChI is InChI=1S/C17H20N2O2/c1-3-17(16(20)21)9-6-10-19(17)15-12(2)11-13-7-4-5-8-14(13)18-15/h4-5,7-8,11H,3,6,9-10H2,1-2H3,(H,20,21). The van der Waals surface area contributed by atoms with Gasteiger partial charge in [0.05, 0.1) is 5.52 Å². The van der Waals surface area contributed by atoms with Crippen LogP contribution in [0.25, 0.3) is 10.9 Å². The van der Waals surface area contributed by atoms with Crippen LogP contribution in [0.4, 0.5) is 5.82 Å². The Bertz CT molecular complexity index is 698. The van der Waals surface area contributed by atoms with Crippen molar-refractivity contribution in [1.29, 1.82) is 0 Å². The Balaban J connectivity index is 2.15.